The van der Waals surface area contributed by atoms with Gasteiger partial charge in [0.2, 0.25) is 0 Å². The number of nitrogens with zero attached hydrogens (tertiary/aromatic N) is 2. The molecule has 32 heavy (non-hydrogen) atoms. The SMILES string of the molecule is C=C(C(=O)Nc1ncc(C(=O)N2CCS(=O)(=O)CC2)s1)c1ccc(S(=O)(=O)C2CC2)cc1. The van der Waals surface area contributed by atoms with Gasteiger partial charge in [0.1, 0.15) is 4.88 Å². The molecule has 2 amide bonds. The van der Waals surface area contributed by atoms with Crippen molar-refractivity contribution in [1.29, 1.82) is 0 Å². The summed E-state index contributed by atoms with van der Waals surface area (Å²) in [6.45, 7) is 4.03. The quantitative estimate of drug-likeness (QED) is 0.602. The molecule has 170 valence electrons. The van der Waals surface area contributed by atoms with Crippen LogP contribution in [0, 0.1) is 0 Å². The lowest BCUT2D eigenvalue weighted by Crippen LogP contribution is -2.43. The highest BCUT2D eigenvalue weighted by Gasteiger charge is 2.36. The second kappa shape index (κ2) is 8.41. The summed E-state index contributed by atoms with van der Waals surface area (Å²) in [5.74, 6) is -0.993. The van der Waals surface area contributed by atoms with E-state index in [-0.39, 0.29) is 51.4 Å². The summed E-state index contributed by atoms with van der Waals surface area (Å²) in [6.07, 6.45) is 2.69. The molecule has 1 aliphatic carbocycles. The largest absolute Gasteiger partial charge is 0.336 e. The Morgan fingerprint density at radius 3 is 2.34 bits per heavy atom. The van der Waals surface area contributed by atoms with Gasteiger partial charge >= 0.3 is 0 Å². The first-order chi connectivity index (χ1) is 15.1. The second-order valence-electron chi connectivity index (χ2n) is 7.68. The zero-order valence-electron chi connectivity index (χ0n) is 17.0. The normalized spacial score (nSPS) is 18.2. The number of hydrogen-bond donors (Lipinski definition) is 1. The minimum Gasteiger partial charge on any atom is -0.336 e. The molecule has 0 bridgehead atoms. The van der Waals surface area contributed by atoms with E-state index in [1.807, 2.05) is 0 Å². The van der Waals surface area contributed by atoms with Gasteiger partial charge < -0.3 is 4.90 Å². The van der Waals surface area contributed by atoms with Gasteiger partial charge in [-0.3, -0.25) is 14.9 Å². The van der Waals surface area contributed by atoms with Crippen LogP contribution in [-0.2, 0) is 24.5 Å². The van der Waals surface area contributed by atoms with Crippen molar-refractivity contribution in [3.05, 3.63) is 47.5 Å². The van der Waals surface area contributed by atoms with Gasteiger partial charge in [0.25, 0.3) is 11.8 Å². The van der Waals surface area contributed by atoms with Gasteiger partial charge in [0.05, 0.1) is 27.8 Å². The number of aromatic nitrogens is 1. The van der Waals surface area contributed by atoms with Gasteiger partial charge in [0.15, 0.2) is 24.8 Å². The number of nitrogens with one attached hydrogen (secondary N) is 1. The number of benzene rings is 1. The van der Waals surface area contributed by atoms with Gasteiger partial charge in [-0.1, -0.05) is 30.0 Å². The molecule has 2 aromatic rings. The molecule has 2 fully saturated rings. The third-order valence-corrected chi connectivity index (χ3v) is 10.1. The minimum atomic E-state index is -3.31. The van der Waals surface area contributed by atoms with Crippen molar-refractivity contribution in [3.63, 3.8) is 0 Å². The lowest BCUT2D eigenvalue weighted by molar-refractivity contribution is -0.111. The third kappa shape index (κ3) is 4.76. The van der Waals surface area contributed by atoms with Gasteiger partial charge in [-0.25, -0.2) is 21.8 Å². The van der Waals surface area contributed by atoms with Crippen LogP contribution in [-0.4, -0.2) is 68.4 Å². The zero-order valence-corrected chi connectivity index (χ0v) is 19.4. The van der Waals surface area contributed by atoms with E-state index < -0.39 is 25.6 Å². The summed E-state index contributed by atoms with van der Waals surface area (Å²) >= 11 is 0.987. The summed E-state index contributed by atoms with van der Waals surface area (Å²) in [4.78, 5) is 31.1. The van der Waals surface area contributed by atoms with Gasteiger partial charge in [0, 0.05) is 18.7 Å². The molecule has 0 unspecified atom stereocenters. The molecule has 1 saturated carbocycles. The minimum absolute atomic E-state index is 0.0677. The van der Waals surface area contributed by atoms with E-state index in [1.165, 1.54) is 23.2 Å². The third-order valence-electron chi connectivity index (χ3n) is 5.34. The fourth-order valence-electron chi connectivity index (χ4n) is 3.22. The van der Waals surface area contributed by atoms with Crippen LogP contribution in [0.4, 0.5) is 5.13 Å². The van der Waals surface area contributed by atoms with E-state index >= 15 is 0 Å². The Kier molecular flexibility index (Phi) is 5.94. The van der Waals surface area contributed by atoms with Crippen LogP contribution in [0.15, 0.2) is 41.9 Å². The molecule has 0 atom stereocenters. The number of carbonyl (C=O) groups excluding carboxylic acids is 2. The van der Waals surface area contributed by atoms with Crippen LogP contribution < -0.4 is 5.32 Å². The Bertz CT molecular complexity index is 1280. The average Bonchev–Trinajstić information content (AvgIpc) is 3.53. The number of amides is 2. The first-order valence-electron chi connectivity index (χ1n) is 9.87. The summed E-state index contributed by atoms with van der Waals surface area (Å²) < 4.78 is 47.6. The van der Waals surface area contributed by atoms with E-state index in [2.05, 4.69) is 16.9 Å². The summed E-state index contributed by atoms with van der Waals surface area (Å²) in [7, 11) is -6.40. The van der Waals surface area contributed by atoms with Crippen molar-refractivity contribution >= 4 is 53.5 Å². The Morgan fingerprint density at radius 2 is 1.75 bits per heavy atom. The van der Waals surface area contributed by atoms with Crippen LogP contribution >= 0.6 is 11.3 Å². The maximum atomic E-state index is 12.6. The molecule has 1 aliphatic heterocycles. The molecule has 1 aromatic carbocycles. The highest BCUT2D eigenvalue weighted by Crippen LogP contribution is 2.33. The van der Waals surface area contributed by atoms with Crippen molar-refractivity contribution in [2.45, 2.75) is 23.0 Å². The Balaban J connectivity index is 1.38. The molecule has 4 rings (SSSR count). The molecule has 1 saturated heterocycles. The molecule has 1 N–H and O–H groups in total. The lowest BCUT2D eigenvalue weighted by atomic mass is 10.1. The van der Waals surface area contributed by atoms with Crippen molar-refractivity contribution < 1.29 is 26.4 Å². The summed E-state index contributed by atoms with van der Waals surface area (Å²) in [6, 6.07) is 6.03. The summed E-state index contributed by atoms with van der Waals surface area (Å²) in [5.41, 5.74) is 0.601. The summed E-state index contributed by atoms with van der Waals surface area (Å²) in [5, 5.41) is 2.48. The van der Waals surface area contributed by atoms with E-state index in [1.54, 1.807) is 12.1 Å². The van der Waals surface area contributed by atoms with Crippen LogP contribution in [0.5, 0.6) is 0 Å². The highest BCUT2D eigenvalue weighted by atomic mass is 32.2. The number of thiazole rings is 1. The van der Waals surface area contributed by atoms with Crippen LogP contribution in [0.25, 0.3) is 5.57 Å². The number of sulfone groups is 2. The van der Waals surface area contributed by atoms with E-state index in [0.717, 1.165) is 11.3 Å². The van der Waals surface area contributed by atoms with E-state index in [0.29, 0.717) is 23.3 Å². The van der Waals surface area contributed by atoms with Crippen molar-refractivity contribution in [2.75, 3.05) is 29.9 Å². The first kappa shape index (κ1) is 22.6. The Labute approximate surface area is 190 Å². The van der Waals surface area contributed by atoms with Gasteiger partial charge in [-0.05, 0) is 30.5 Å². The van der Waals surface area contributed by atoms with Crippen LogP contribution in [0.2, 0.25) is 0 Å². The molecule has 9 nitrogen and oxygen atoms in total. The smallest absolute Gasteiger partial charge is 0.265 e. The fourth-order valence-corrected chi connectivity index (χ4v) is 6.86. The van der Waals surface area contributed by atoms with Crippen molar-refractivity contribution in [1.82, 2.24) is 9.88 Å². The maximum Gasteiger partial charge on any atom is 0.265 e. The number of carbonyl (C=O) groups is 2. The fraction of sp³-hybridized carbons (Fsp3) is 0.350. The van der Waals surface area contributed by atoms with E-state index in [4.69, 9.17) is 0 Å². The predicted octanol–water partition coefficient (Wildman–Crippen LogP) is 1.60. The highest BCUT2D eigenvalue weighted by molar-refractivity contribution is 7.92. The van der Waals surface area contributed by atoms with Crippen molar-refractivity contribution in [2.24, 2.45) is 0 Å². The zero-order chi connectivity index (χ0) is 23.1. The number of hydrogen-bond acceptors (Lipinski definition) is 8. The molecule has 2 aliphatic rings. The van der Waals surface area contributed by atoms with Crippen molar-refractivity contribution in [3.8, 4) is 0 Å². The topological polar surface area (TPSA) is 131 Å². The standard InChI is InChI=1S/C20H21N3O6S3/c1-13(14-2-4-15(5-3-14)32(28,29)16-6-7-16)18(24)22-20-21-12-17(30-20)19(25)23-8-10-31(26,27)11-9-23/h2-5,12,16H,1,6-11H2,(H,21,22,24). The molecular weight excluding hydrogens is 474 g/mol. The van der Waals surface area contributed by atoms with Gasteiger partial charge in [-0.15, -0.1) is 0 Å². The molecule has 2 heterocycles. The Morgan fingerprint density at radius 1 is 1.12 bits per heavy atom. The predicted molar refractivity (Wildman–Crippen MR) is 121 cm³/mol. The molecule has 0 spiro atoms. The van der Waals surface area contributed by atoms with E-state index in [9.17, 15) is 26.4 Å². The first-order valence-corrected chi connectivity index (χ1v) is 14.1. The average molecular weight is 496 g/mol. The number of anilines is 1. The van der Waals surface area contributed by atoms with Crippen LogP contribution in [0.3, 0.4) is 0 Å². The monoisotopic (exact) mass is 495 g/mol. The molecule has 12 heteroatoms. The maximum absolute atomic E-state index is 12.6. The molecule has 0 radical (unpaired) electrons. The number of rotatable bonds is 6. The molecular formula is C20H21N3O6S3. The van der Waals surface area contributed by atoms with Gasteiger partial charge in [-0.2, -0.15) is 0 Å². The Hall–Kier alpha value is -2.57. The van der Waals surface area contributed by atoms with Crippen LogP contribution in [0.1, 0.15) is 28.1 Å². The molecule has 1 aromatic heterocycles. The second-order valence-corrected chi connectivity index (χ2v) is 13.2. The lowest BCUT2D eigenvalue weighted by Gasteiger charge is -2.25.